The highest BCUT2D eigenvalue weighted by atomic mass is 32.1. The monoisotopic (exact) mass is 274 g/mol. The van der Waals surface area contributed by atoms with E-state index in [0.717, 1.165) is 19.3 Å². The van der Waals surface area contributed by atoms with Crippen LogP contribution in [0.25, 0.3) is 0 Å². The zero-order chi connectivity index (χ0) is 13.7. The maximum atomic E-state index is 9.61. The number of hydrogen-bond donors (Lipinski definition) is 1. The second-order valence-corrected chi connectivity index (χ2v) is 6.36. The van der Waals surface area contributed by atoms with Crippen LogP contribution in [0.2, 0.25) is 0 Å². The first-order valence-corrected chi connectivity index (χ1v) is 7.77. The number of thiophene rings is 1. The highest BCUT2D eigenvalue weighted by Crippen LogP contribution is 2.23. The molecule has 0 saturated heterocycles. The van der Waals surface area contributed by atoms with Gasteiger partial charge in [0.15, 0.2) is 0 Å². The minimum absolute atomic E-state index is 0.258. The zero-order valence-corrected chi connectivity index (χ0v) is 12.5. The molecule has 1 aromatic carbocycles. The summed E-state index contributed by atoms with van der Waals surface area (Å²) in [6.45, 7) is 4.59. The van der Waals surface area contributed by atoms with Gasteiger partial charge in [-0.15, -0.1) is 11.3 Å². The van der Waals surface area contributed by atoms with Crippen molar-refractivity contribution in [1.82, 2.24) is 0 Å². The third kappa shape index (κ3) is 3.92. The molecule has 1 nitrogen and oxygen atoms in total. The summed E-state index contributed by atoms with van der Waals surface area (Å²) in [4.78, 5) is 2.83. The minimum Gasteiger partial charge on any atom is -0.396 e. The van der Waals surface area contributed by atoms with Crippen molar-refractivity contribution in [3.63, 3.8) is 0 Å². The molecular formula is C17H22OS. The van der Waals surface area contributed by atoms with E-state index in [9.17, 15) is 5.11 Å². The van der Waals surface area contributed by atoms with Crippen LogP contribution in [0.1, 0.15) is 27.8 Å². The van der Waals surface area contributed by atoms with E-state index >= 15 is 0 Å². The minimum atomic E-state index is 0.258. The van der Waals surface area contributed by atoms with Crippen LogP contribution in [0, 0.1) is 12.8 Å². The van der Waals surface area contributed by atoms with E-state index in [-0.39, 0.29) is 6.61 Å². The molecule has 0 bridgehead atoms. The van der Waals surface area contributed by atoms with E-state index in [0.29, 0.717) is 5.92 Å². The van der Waals surface area contributed by atoms with E-state index in [4.69, 9.17) is 0 Å². The van der Waals surface area contributed by atoms with Crippen molar-refractivity contribution in [3.8, 4) is 0 Å². The molecule has 0 amide bonds. The van der Waals surface area contributed by atoms with Gasteiger partial charge in [0.05, 0.1) is 0 Å². The Bertz CT molecular complexity index is 515. The fraction of sp³-hybridized carbons (Fsp3) is 0.412. The summed E-state index contributed by atoms with van der Waals surface area (Å²) in [6.07, 6.45) is 3.05. The lowest BCUT2D eigenvalue weighted by Crippen LogP contribution is -2.13. The van der Waals surface area contributed by atoms with Gasteiger partial charge in [0.2, 0.25) is 0 Å². The lowest BCUT2D eigenvalue weighted by atomic mass is 9.94. The molecule has 102 valence electrons. The van der Waals surface area contributed by atoms with Gasteiger partial charge in [-0.1, -0.05) is 31.2 Å². The molecule has 1 heterocycles. The maximum Gasteiger partial charge on any atom is 0.0465 e. The predicted molar refractivity (Wildman–Crippen MR) is 82.9 cm³/mol. The van der Waals surface area contributed by atoms with Crippen molar-refractivity contribution >= 4 is 11.3 Å². The van der Waals surface area contributed by atoms with Crippen molar-refractivity contribution in [2.75, 3.05) is 6.61 Å². The first-order chi connectivity index (χ1) is 9.22. The van der Waals surface area contributed by atoms with Crippen LogP contribution in [0.5, 0.6) is 0 Å². The molecule has 2 rings (SSSR count). The van der Waals surface area contributed by atoms with Crippen LogP contribution < -0.4 is 0 Å². The molecular weight excluding hydrogens is 252 g/mol. The van der Waals surface area contributed by atoms with Crippen LogP contribution in [0.3, 0.4) is 0 Å². The van der Waals surface area contributed by atoms with Gasteiger partial charge in [-0.25, -0.2) is 0 Å². The third-order valence-corrected chi connectivity index (χ3v) is 4.84. The van der Waals surface area contributed by atoms with Gasteiger partial charge >= 0.3 is 0 Å². The molecule has 2 aromatic rings. The summed E-state index contributed by atoms with van der Waals surface area (Å²) < 4.78 is 0. The number of hydrogen-bond acceptors (Lipinski definition) is 2. The standard InChI is InChI=1S/C17H22OS/c1-3-16-8-9-17(19-16)11-14(12-18)10-15-7-5-4-6-13(15)2/h4-9,14,18H,3,10-12H2,1-2H3. The van der Waals surface area contributed by atoms with Gasteiger partial charge in [0.25, 0.3) is 0 Å². The number of aliphatic hydroxyl groups is 1. The molecule has 0 aliphatic carbocycles. The number of aryl methyl sites for hydroxylation is 2. The Morgan fingerprint density at radius 1 is 1.05 bits per heavy atom. The van der Waals surface area contributed by atoms with Crippen LogP contribution >= 0.6 is 11.3 Å². The predicted octanol–water partition coefficient (Wildman–Crippen LogP) is 4.01. The van der Waals surface area contributed by atoms with Gasteiger partial charge in [0, 0.05) is 16.4 Å². The SMILES string of the molecule is CCc1ccc(CC(CO)Cc2ccccc2C)s1. The van der Waals surface area contributed by atoms with Crippen molar-refractivity contribution < 1.29 is 5.11 Å². The van der Waals surface area contributed by atoms with E-state index in [1.807, 2.05) is 11.3 Å². The quantitative estimate of drug-likeness (QED) is 0.843. The summed E-state index contributed by atoms with van der Waals surface area (Å²) in [5.74, 6) is 0.324. The molecule has 0 radical (unpaired) electrons. The Labute approximate surface area is 119 Å². The summed E-state index contributed by atoms with van der Waals surface area (Å²) >= 11 is 1.88. The van der Waals surface area contributed by atoms with Crippen LogP contribution in [-0.2, 0) is 19.3 Å². The molecule has 0 aliphatic heterocycles. The molecule has 1 unspecified atom stereocenters. The van der Waals surface area contributed by atoms with Crippen LogP contribution in [0.4, 0.5) is 0 Å². The first-order valence-electron chi connectivity index (χ1n) is 6.96. The lowest BCUT2D eigenvalue weighted by Gasteiger charge is -2.14. The maximum absolute atomic E-state index is 9.61. The second kappa shape index (κ2) is 6.88. The zero-order valence-electron chi connectivity index (χ0n) is 11.7. The highest BCUT2D eigenvalue weighted by Gasteiger charge is 2.12. The summed E-state index contributed by atoms with van der Waals surface area (Å²) in [7, 11) is 0. The fourth-order valence-electron chi connectivity index (χ4n) is 2.36. The van der Waals surface area contributed by atoms with Gasteiger partial charge in [-0.05, 0) is 55.4 Å². The van der Waals surface area contributed by atoms with Gasteiger partial charge in [-0.3, -0.25) is 0 Å². The molecule has 1 atom stereocenters. The molecule has 19 heavy (non-hydrogen) atoms. The third-order valence-electron chi connectivity index (χ3n) is 3.58. The molecule has 2 heteroatoms. The van der Waals surface area contributed by atoms with Gasteiger partial charge < -0.3 is 5.11 Å². The topological polar surface area (TPSA) is 20.2 Å². The molecule has 0 aliphatic rings. The summed E-state index contributed by atoms with van der Waals surface area (Å²) in [5, 5.41) is 9.61. The van der Waals surface area contributed by atoms with Crippen LogP contribution in [-0.4, -0.2) is 11.7 Å². The van der Waals surface area contributed by atoms with E-state index < -0.39 is 0 Å². The number of benzene rings is 1. The normalized spacial score (nSPS) is 12.6. The molecule has 0 saturated carbocycles. The smallest absolute Gasteiger partial charge is 0.0465 e. The average molecular weight is 274 g/mol. The van der Waals surface area contributed by atoms with Crippen molar-refractivity contribution in [3.05, 3.63) is 57.3 Å². The van der Waals surface area contributed by atoms with Crippen molar-refractivity contribution in [1.29, 1.82) is 0 Å². The fourth-order valence-corrected chi connectivity index (χ4v) is 3.43. The Morgan fingerprint density at radius 2 is 1.79 bits per heavy atom. The Balaban J connectivity index is 2.02. The van der Waals surface area contributed by atoms with E-state index in [1.54, 1.807) is 0 Å². The Hall–Kier alpha value is -1.12. The summed E-state index contributed by atoms with van der Waals surface area (Å²) in [6, 6.07) is 12.9. The molecule has 1 aromatic heterocycles. The van der Waals surface area contributed by atoms with Gasteiger partial charge in [-0.2, -0.15) is 0 Å². The molecule has 0 spiro atoms. The van der Waals surface area contributed by atoms with Gasteiger partial charge in [0.1, 0.15) is 0 Å². The number of aliphatic hydroxyl groups excluding tert-OH is 1. The highest BCUT2D eigenvalue weighted by molar-refractivity contribution is 7.11. The largest absolute Gasteiger partial charge is 0.396 e. The Kier molecular flexibility index (Phi) is 5.17. The summed E-state index contributed by atoms with van der Waals surface area (Å²) in [5.41, 5.74) is 2.68. The molecule has 1 N–H and O–H groups in total. The average Bonchev–Trinajstić information content (AvgIpc) is 2.88. The Morgan fingerprint density at radius 3 is 2.42 bits per heavy atom. The lowest BCUT2D eigenvalue weighted by molar-refractivity contribution is 0.225. The number of rotatable bonds is 6. The van der Waals surface area contributed by atoms with Crippen LogP contribution in [0.15, 0.2) is 36.4 Å². The first kappa shape index (κ1) is 14.3. The molecule has 0 fully saturated rings. The van der Waals surface area contributed by atoms with E-state index in [1.165, 1.54) is 20.9 Å². The van der Waals surface area contributed by atoms with Crippen molar-refractivity contribution in [2.24, 2.45) is 5.92 Å². The second-order valence-electron chi connectivity index (χ2n) is 5.10. The van der Waals surface area contributed by atoms with Crippen molar-refractivity contribution in [2.45, 2.75) is 33.1 Å². The van der Waals surface area contributed by atoms with E-state index in [2.05, 4.69) is 50.2 Å².